The van der Waals surface area contributed by atoms with Crippen molar-refractivity contribution in [2.45, 2.75) is 83.3 Å². The van der Waals surface area contributed by atoms with Gasteiger partial charge in [0.05, 0.1) is 0 Å². The Morgan fingerprint density at radius 3 is 2.38 bits per heavy atom. The van der Waals surface area contributed by atoms with Gasteiger partial charge in [-0.05, 0) is 57.8 Å². The number of amides is 2. The molecule has 0 aromatic heterocycles. The van der Waals surface area contributed by atoms with Gasteiger partial charge in [-0.2, -0.15) is 0 Å². The van der Waals surface area contributed by atoms with Gasteiger partial charge < -0.3 is 9.80 Å². The summed E-state index contributed by atoms with van der Waals surface area (Å²) in [7, 11) is 0. The van der Waals surface area contributed by atoms with Crippen LogP contribution in [0.1, 0.15) is 65.2 Å². The number of hydrogen-bond donors (Lipinski definition) is 0. The average molecular weight is 292 g/mol. The van der Waals surface area contributed by atoms with Crippen LogP contribution in [-0.4, -0.2) is 46.3 Å². The lowest BCUT2D eigenvalue weighted by Gasteiger charge is -2.49. The van der Waals surface area contributed by atoms with Crippen LogP contribution in [0, 0.1) is 5.92 Å². The molecule has 4 heteroatoms. The van der Waals surface area contributed by atoms with E-state index in [1.165, 1.54) is 19.3 Å². The largest absolute Gasteiger partial charge is 0.329 e. The average Bonchev–Trinajstić information content (AvgIpc) is 2.53. The number of rotatable bonds is 2. The maximum Gasteiger partial charge on any atom is 0.246 e. The summed E-state index contributed by atoms with van der Waals surface area (Å²) < 4.78 is 0. The van der Waals surface area contributed by atoms with Gasteiger partial charge in [-0.1, -0.05) is 13.3 Å². The molecular weight excluding hydrogens is 264 g/mol. The fourth-order valence-corrected chi connectivity index (χ4v) is 4.50. The summed E-state index contributed by atoms with van der Waals surface area (Å²) in [6.07, 6.45) is 8.79. The van der Waals surface area contributed by atoms with E-state index >= 15 is 0 Å². The third-order valence-electron chi connectivity index (χ3n) is 5.89. The second-order valence-corrected chi connectivity index (χ2v) is 7.05. The van der Waals surface area contributed by atoms with Gasteiger partial charge in [-0.25, -0.2) is 0 Å². The molecule has 2 aliphatic heterocycles. The summed E-state index contributed by atoms with van der Waals surface area (Å²) in [5, 5.41) is 0. The van der Waals surface area contributed by atoms with Gasteiger partial charge in [0.15, 0.2) is 0 Å². The van der Waals surface area contributed by atoms with E-state index < -0.39 is 0 Å². The van der Waals surface area contributed by atoms with Crippen LogP contribution in [0.3, 0.4) is 0 Å². The molecule has 3 aliphatic rings. The van der Waals surface area contributed by atoms with E-state index in [4.69, 9.17) is 0 Å². The Hall–Kier alpha value is -1.06. The van der Waals surface area contributed by atoms with Crippen molar-refractivity contribution in [1.82, 2.24) is 9.80 Å². The predicted molar refractivity (Wildman–Crippen MR) is 81.7 cm³/mol. The molecule has 0 N–H and O–H groups in total. The first-order valence-corrected chi connectivity index (χ1v) is 8.76. The van der Waals surface area contributed by atoms with Crippen LogP contribution in [0.5, 0.6) is 0 Å². The summed E-state index contributed by atoms with van der Waals surface area (Å²) >= 11 is 0. The Kier molecular flexibility index (Phi) is 4.23. The topological polar surface area (TPSA) is 40.6 Å². The molecule has 2 heterocycles. The van der Waals surface area contributed by atoms with Crippen molar-refractivity contribution in [3.8, 4) is 0 Å². The van der Waals surface area contributed by atoms with Crippen molar-refractivity contribution in [3.63, 3.8) is 0 Å². The number of hydrogen-bond acceptors (Lipinski definition) is 2. The summed E-state index contributed by atoms with van der Waals surface area (Å²) in [5.74, 6) is 1.22. The second kappa shape index (κ2) is 5.98. The molecule has 2 atom stereocenters. The monoisotopic (exact) mass is 292 g/mol. The Labute approximate surface area is 127 Å². The zero-order valence-electron chi connectivity index (χ0n) is 13.4. The Balaban J connectivity index is 1.75. The fourth-order valence-electron chi connectivity index (χ4n) is 4.50. The van der Waals surface area contributed by atoms with Crippen molar-refractivity contribution in [3.05, 3.63) is 0 Å². The molecule has 3 fully saturated rings. The van der Waals surface area contributed by atoms with Crippen molar-refractivity contribution in [1.29, 1.82) is 0 Å². The molecule has 3 rings (SSSR count). The van der Waals surface area contributed by atoms with E-state index in [0.717, 1.165) is 44.6 Å². The lowest BCUT2D eigenvalue weighted by atomic mass is 9.82. The van der Waals surface area contributed by atoms with Crippen molar-refractivity contribution >= 4 is 11.8 Å². The Morgan fingerprint density at radius 2 is 1.71 bits per heavy atom. The van der Waals surface area contributed by atoms with Crippen LogP contribution >= 0.6 is 0 Å². The molecule has 1 aliphatic carbocycles. The van der Waals surface area contributed by atoms with Crippen LogP contribution in [-0.2, 0) is 9.59 Å². The van der Waals surface area contributed by atoms with E-state index in [1.54, 1.807) is 0 Å². The third kappa shape index (κ3) is 2.58. The normalized spacial score (nSPS) is 37.6. The maximum atomic E-state index is 12.9. The molecule has 2 unspecified atom stereocenters. The molecule has 0 radical (unpaired) electrons. The van der Waals surface area contributed by atoms with E-state index in [2.05, 4.69) is 6.92 Å². The number of fused-ring (bicyclic) bond motifs is 1. The predicted octanol–water partition coefficient (Wildman–Crippen LogP) is 2.57. The van der Waals surface area contributed by atoms with Gasteiger partial charge in [0.25, 0.3) is 0 Å². The maximum absolute atomic E-state index is 12.9. The summed E-state index contributed by atoms with van der Waals surface area (Å²) in [6, 6.07) is -0.121. The molecule has 2 saturated heterocycles. The molecule has 0 aromatic carbocycles. The molecule has 0 aromatic rings. The highest BCUT2D eigenvalue weighted by Gasteiger charge is 2.47. The lowest BCUT2D eigenvalue weighted by molar-refractivity contribution is -0.166. The second-order valence-electron chi connectivity index (χ2n) is 7.05. The standard InChI is InChI=1S/C17H28N2O2/c1-3-13-7-9-14(10-8-13)19-12(2)16(20)18-11-5-4-6-15(18)17(19)21/h12-15H,3-11H2,1-2H3. The number of nitrogens with zero attached hydrogens (tertiary/aromatic N) is 2. The number of carbonyl (C=O) groups excluding carboxylic acids is 2. The van der Waals surface area contributed by atoms with Gasteiger partial charge in [-0.3, -0.25) is 9.59 Å². The summed E-state index contributed by atoms with van der Waals surface area (Å²) in [6.45, 7) is 4.95. The SMILES string of the molecule is CCC1CCC(N2C(=O)C3CCCCN3C(=O)C2C)CC1. The van der Waals surface area contributed by atoms with E-state index in [1.807, 2.05) is 16.7 Å². The fraction of sp³-hybridized carbons (Fsp3) is 0.882. The molecule has 0 bridgehead atoms. The smallest absolute Gasteiger partial charge is 0.246 e. The molecule has 118 valence electrons. The number of piperidine rings is 1. The van der Waals surface area contributed by atoms with E-state index in [-0.39, 0.29) is 23.9 Å². The minimum Gasteiger partial charge on any atom is -0.329 e. The zero-order chi connectivity index (χ0) is 15.0. The van der Waals surface area contributed by atoms with Crippen LogP contribution in [0.25, 0.3) is 0 Å². The summed E-state index contributed by atoms with van der Waals surface area (Å²) in [4.78, 5) is 29.3. The highest BCUT2D eigenvalue weighted by Crippen LogP contribution is 2.34. The van der Waals surface area contributed by atoms with Gasteiger partial charge in [-0.15, -0.1) is 0 Å². The van der Waals surface area contributed by atoms with Crippen molar-refractivity contribution in [2.24, 2.45) is 5.92 Å². The number of carbonyl (C=O) groups is 2. The first kappa shape index (κ1) is 14.9. The molecule has 4 nitrogen and oxygen atoms in total. The molecular formula is C17H28N2O2. The quantitative estimate of drug-likeness (QED) is 0.785. The van der Waals surface area contributed by atoms with Crippen LogP contribution in [0.2, 0.25) is 0 Å². The van der Waals surface area contributed by atoms with Gasteiger partial charge in [0, 0.05) is 12.6 Å². The molecule has 1 saturated carbocycles. The first-order valence-electron chi connectivity index (χ1n) is 8.76. The number of piperazine rings is 1. The minimum atomic E-state index is -0.255. The van der Waals surface area contributed by atoms with Gasteiger partial charge >= 0.3 is 0 Å². The highest BCUT2D eigenvalue weighted by molar-refractivity contribution is 5.97. The Bertz CT molecular complexity index is 415. The zero-order valence-corrected chi connectivity index (χ0v) is 13.4. The third-order valence-corrected chi connectivity index (χ3v) is 5.89. The highest BCUT2D eigenvalue weighted by atomic mass is 16.2. The van der Waals surface area contributed by atoms with Gasteiger partial charge in [0.1, 0.15) is 12.1 Å². The van der Waals surface area contributed by atoms with Crippen LogP contribution < -0.4 is 0 Å². The molecule has 21 heavy (non-hydrogen) atoms. The molecule has 0 spiro atoms. The lowest BCUT2D eigenvalue weighted by Crippen LogP contribution is -2.67. The van der Waals surface area contributed by atoms with E-state index in [9.17, 15) is 9.59 Å². The Morgan fingerprint density at radius 1 is 1.00 bits per heavy atom. The van der Waals surface area contributed by atoms with Crippen LogP contribution in [0.4, 0.5) is 0 Å². The van der Waals surface area contributed by atoms with Crippen LogP contribution in [0.15, 0.2) is 0 Å². The summed E-state index contributed by atoms with van der Waals surface area (Å²) in [5.41, 5.74) is 0. The van der Waals surface area contributed by atoms with E-state index in [0.29, 0.717) is 6.04 Å². The van der Waals surface area contributed by atoms with Gasteiger partial charge in [0.2, 0.25) is 11.8 Å². The minimum absolute atomic E-state index is 0.161. The first-order chi connectivity index (χ1) is 10.1. The van der Waals surface area contributed by atoms with Crippen molar-refractivity contribution in [2.75, 3.05) is 6.54 Å². The van der Waals surface area contributed by atoms with Crippen molar-refractivity contribution < 1.29 is 9.59 Å². The molecule has 2 amide bonds.